The van der Waals surface area contributed by atoms with Crippen molar-refractivity contribution in [1.29, 1.82) is 0 Å². The van der Waals surface area contributed by atoms with Gasteiger partial charge in [0.1, 0.15) is 0 Å². The van der Waals surface area contributed by atoms with Crippen LogP contribution in [0.2, 0.25) is 0 Å². The average molecular weight is 164 g/mol. The summed E-state index contributed by atoms with van der Waals surface area (Å²) in [5.74, 6) is 0. The number of hydrogen-bond donors (Lipinski definition) is 0. The third-order valence-corrected chi connectivity index (χ3v) is 1.68. The fraction of sp³-hybridized carbons (Fsp3) is 0.333. The van der Waals surface area contributed by atoms with Crippen LogP contribution in [0.5, 0.6) is 0 Å². The van der Waals surface area contributed by atoms with E-state index >= 15 is 0 Å². The van der Waals surface area contributed by atoms with Crippen LogP contribution >= 0.6 is 0 Å². The van der Waals surface area contributed by atoms with E-state index in [-0.39, 0.29) is 6.61 Å². The van der Waals surface area contributed by atoms with Crippen LogP contribution in [0.15, 0.2) is 12.7 Å². The molecule has 0 atom stereocenters. The summed E-state index contributed by atoms with van der Waals surface area (Å²) in [5, 5.41) is 0. The molecule has 6 heteroatoms. The van der Waals surface area contributed by atoms with E-state index in [0.717, 1.165) is 0 Å². The zero-order chi connectivity index (χ0) is 7.11. The van der Waals surface area contributed by atoms with Crippen LogP contribution in [0.4, 0.5) is 0 Å². The normalized spacial score (nSPS) is 8.44. The Morgan fingerprint density at radius 2 is 2.44 bits per heavy atom. The van der Waals surface area contributed by atoms with Gasteiger partial charge in [0.05, 0.1) is 6.61 Å². The minimum atomic E-state index is -2.41. The molecule has 0 aromatic carbocycles. The Kier molecular flexibility index (Phi) is 5.37. The molecule has 0 aromatic rings. The summed E-state index contributed by atoms with van der Waals surface area (Å²) in [6.45, 7) is 3.58. The molecule has 0 aromatic heterocycles. The maximum Gasteiger partial charge on any atom is 0.800 e. The summed E-state index contributed by atoms with van der Waals surface area (Å²) in [4.78, 5) is 0. The van der Waals surface area contributed by atoms with Gasteiger partial charge in [0.15, 0.2) is 0 Å². The molecule has 0 spiro atoms. The lowest BCUT2D eigenvalue weighted by Crippen LogP contribution is -2.11. The van der Waals surface area contributed by atoms with Gasteiger partial charge in [0.25, 0.3) is 0 Å². The molecule has 0 radical (unpaired) electrons. The molecule has 0 heterocycles. The number of hydrogen-bond acceptors (Lipinski definition) is 4. The highest BCUT2D eigenvalue weighted by Crippen LogP contribution is 1.78. The first kappa shape index (κ1) is 8.53. The third-order valence-electron chi connectivity index (χ3n) is 0.470. The molecule has 0 aliphatic heterocycles. The van der Waals surface area contributed by atoms with Crippen LogP contribution in [0, 0.1) is 0 Å². The average Bonchev–Trinajstić information content (AvgIpc) is 1.85. The maximum atomic E-state index is 10.4. The first-order chi connectivity index (χ1) is 4.31. The minimum Gasteiger partial charge on any atom is -0.491 e. The predicted molar refractivity (Wildman–Crippen MR) is 34.7 cm³/mol. The Balaban J connectivity index is 3.16. The maximum absolute atomic E-state index is 10.4. The van der Waals surface area contributed by atoms with Gasteiger partial charge >= 0.3 is 9.17 Å². The molecule has 0 N–H and O–H groups in total. The van der Waals surface area contributed by atoms with Crippen molar-refractivity contribution < 1.29 is 18.0 Å². The molecule has 0 saturated heterocycles. The monoisotopic (exact) mass is 164 g/mol. The van der Waals surface area contributed by atoms with Crippen LogP contribution in [0.1, 0.15) is 0 Å². The van der Waals surface area contributed by atoms with E-state index in [1.54, 1.807) is 0 Å². The predicted octanol–water partition coefficient (Wildman–Crippen LogP) is -1.17. The highest BCUT2D eigenvalue weighted by Gasteiger charge is 2.08. The van der Waals surface area contributed by atoms with Gasteiger partial charge in [-0.15, -0.1) is 0 Å². The van der Waals surface area contributed by atoms with Gasteiger partial charge in [0, 0.05) is 0 Å². The lowest BCUT2D eigenvalue weighted by molar-refractivity contribution is -0.124. The first-order valence-corrected chi connectivity index (χ1v) is 4.33. The van der Waals surface area contributed by atoms with E-state index in [9.17, 15) is 4.46 Å². The summed E-state index contributed by atoms with van der Waals surface area (Å²) in [5.41, 5.74) is 0. The summed E-state index contributed by atoms with van der Waals surface area (Å²) < 4.78 is 23.3. The minimum absolute atomic E-state index is 0.225. The lowest BCUT2D eigenvalue weighted by atomic mass is 10.7. The fourth-order valence-corrected chi connectivity index (χ4v) is 1.07. The van der Waals surface area contributed by atoms with E-state index in [4.69, 9.17) is 0 Å². The molecule has 0 aliphatic rings. The van der Waals surface area contributed by atoms with Crippen molar-refractivity contribution in [1.82, 2.24) is 0 Å². The molecular formula is C3H8O4Si2. The van der Waals surface area contributed by atoms with Crippen molar-refractivity contribution in [2.75, 3.05) is 6.61 Å². The van der Waals surface area contributed by atoms with Crippen molar-refractivity contribution in [2.24, 2.45) is 0 Å². The van der Waals surface area contributed by atoms with Gasteiger partial charge < -0.3 is 9.00 Å². The van der Waals surface area contributed by atoms with Crippen LogP contribution in [0.25, 0.3) is 0 Å². The Hall–Kier alpha value is -0.466. The van der Waals surface area contributed by atoms with Crippen molar-refractivity contribution in [3.05, 3.63) is 12.7 Å². The Morgan fingerprint density at radius 1 is 1.78 bits per heavy atom. The smallest absolute Gasteiger partial charge is 0.491 e. The van der Waals surface area contributed by atoms with E-state index < -0.39 is 9.17 Å². The van der Waals surface area contributed by atoms with Crippen LogP contribution in [-0.4, -0.2) is 26.3 Å². The molecule has 0 amide bonds. The Labute approximate surface area is 57.8 Å². The first-order valence-electron chi connectivity index (χ1n) is 2.29. The van der Waals surface area contributed by atoms with Crippen molar-refractivity contribution in [3.8, 4) is 0 Å². The molecule has 9 heavy (non-hydrogen) atoms. The molecule has 0 rings (SSSR count). The quantitative estimate of drug-likeness (QED) is 0.222. The highest BCUT2D eigenvalue weighted by atomic mass is 28.3. The van der Waals surface area contributed by atoms with E-state index in [0.29, 0.717) is 10.5 Å². The molecular weight excluding hydrogens is 156 g/mol. The van der Waals surface area contributed by atoms with Gasteiger partial charge in [0.2, 0.25) is 10.5 Å². The van der Waals surface area contributed by atoms with Crippen molar-refractivity contribution in [2.45, 2.75) is 0 Å². The van der Waals surface area contributed by atoms with Crippen LogP contribution in [0.3, 0.4) is 0 Å². The summed E-state index contributed by atoms with van der Waals surface area (Å²) >= 11 is 0. The second kappa shape index (κ2) is 5.67. The molecule has 0 bridgehead atoms. The van der Waals surface area contributed by atoms with E-state index in [1.807, 2.05) is 0 Å². The summed E-state index contributed by atoms with van der Waals surface area (Å²) in [7, 11) is -2.02. The summed E-state index contributed by atoms with van der Waals surface area (Å²) in [6.07, 6.45) is 1.49. The molecule has 0 aliphatic carbocycles. The standard InChI is InChI=1S/C3H8O4Si2/c1-2-3-5-9(4)7-6-8/h2H,1,3H2,8H3. The zero-order valence-corrected chi connectivity index (χ0v) is 8.12. The number of rotatable bonds is 5. The Bertz CT molecular complexity index is 104. The van der Waals surface area contributed by atoms with Gasteiger partial charge in [-0.25, -0.2) is 0 Å². The summed E-state index contributed by atoms with van der Waals surface area (Å²) in [6, 6.07) is 0. The van der Waals surface area contributed by atoms with Gasteiger partial charge in [-0.1, -0.05) is 12.7 Å². The van der Waals surface area contributed by atoms with Crippen molar-refractivity contribution >= 4 is 19.7 Å². The molecule has 0 unspecified atom stereocenters. The fourth-order valence-electron chi connectivity index (χ4n) is 0.219. The molecule has 0 fully saturated rings. The van der Waals surface area contributed by atoms with Crippen LogP contribution in [-0.2, 0) is 18.0 Å². The van der Waals surface area contributed by atoms with Crippen molar-refractivity contribution in [3.63, 3.8) is 0 Å². The van der Waals surface area contributed by atoms with E-state index in [1.165, 1.54) is 6.08 Å². The Morgan fingerprint density at radius 3 is 2.89 bits per heavy atom. The van der Waals surface area contributed by atoms with Gasteiger partial charge in [-0.3, -0.25) is 9.04 Å². The molecule has 0 saturated carbocycles. The molecule has 52 valence electrons. The second-order valence-electron chi connectivity index (χ2n) is 1.10. The van der Waals surface area contributed by atoms with Gasteiger partial charge in [-0.2, -0.15) is 0 Å². The SMILES string of the molecule is C=CCO[Si](=O)OO[SiH3]. The second-order valence-corrected chi connectivity index (χ2v) is 2.39. The largest absolute Gasteiger partial charge is 0.800 e. The topological polar surface area (TPSA) is 44.8 Å². The lowest BCUT2D eigenvalue weighted by Gasteiger charge is -1.97. The van der Waals surface area contributed by atoms with E-state index in [2.05, 4.69) is 20.2 Å². The van der Waals surface area contributed by atoms with Crippen LogP contribution < -0.4 is 0 Å². The molecule has 4 nitrogen and oxygen atoms in total. The third kappa shape index (κ3) is 5.40. The van der Waals surface area contributed by atoms with Gasteiger partial charge in [-0.05, 0) is 0 Å². The zero-order valence-electron chi connectivity index (χ0n) is 5.12. The highest BCUT2D eigenvalue weighted by molar-refractivity contribution is 6.26.